The lowest BCUT2D eigenvalue weighted by atomic mass is 9.96. The van der Waals surface area contributed by atoms with Gasteiger partial charge in [-0.25, -0.2) is 0 Å². The molecule has 184 valence electrons. The van der Waals surface area contributed by atoms with Crippen molar-refractivity contribution >= 4 is 38.9 Å². The van der Waals surface area contributed by atoms with E-state index in [9.17, 15) is 0 Å². The van der Waals surface area contributed by atoms with Crippen molar-refractivity contribution in [3.63, 3.8) is 0 Å². The lowest BCUT2D eigenvalue weighted by Gasteiger charge is -2.29. The highest BCUT2D eigenvalue weighted by Gasteiger charge is 2.43. The van der Waals surface area contributed by atoms with E-state index < -0.39 is 0 Å². The summed E-state index contributed by atoms with van der Waals surface area (Å²) in [4.78, 5) is 6.81. The van der Waals surface area contributed by atoms with Crippen LogP contribution in [0.15, 0.2) is 77.4 Å². The van der Waals surface area contributed by atoms with Gasteiger partial charge in [-0.3, -0.25) is 4.98 Å². The van der Waals surface area contributed by atoms with Crippen molar-refractivity contribution < 1.29 is 9.47 Å². The van der Waals surface area contributed by atoms with E-state index in [0.29, 0.717) is 10.9 Å². The highest BCUT2D eigenvalue weighted by atomic mass is 79.9. The molecule has 0 spiro atoms. The minimum atomic E-state index is -0.163. The van der Waals surface area contributed by atoms with Gasteiger partial charge in [0.15, 0.2) is 5.11 Å². The maximum Gasteiger partial charge on any atom is 0.174 e. The second-order valence-electron chi connectivity index (χ2n) is 8.67. The van der Waals surface area contributed by atoms with Gasteiger partial charge in [0.05, 0.1) is 37.7 Å². The summed E-state index contributed by atoms with van der Waals surface area (Å²) >= 11 is 9.48. The monoisotopic (exact) mass is 562 g/mol. The third kappa shape index (κ3) is 4.24. The Hall–Kier alpha value is -3.36. The number of aromatic nitrogens is 2. The van der Waals surface area contributed by atoms with Crippen molar-refractivity contribution in [1.29, 1.82) is 0 Å². The van der Waals surface area contributed by atoms with E-state index in [4.69, 9.17) is 21.7 Å². The first-order valence-electron chi connectivity index (χ1n) is 11.6. The first-order chi connectivity index (χ1) is 17.4. The number of pyridine rings is 1. The van der Waals surface area contributed by atoms with Crippen molar-refractivity contribution in [1.82, 2.24) is 14.9 Å². The zero-order valence-corrected chi connectivity index (χ0v) is 22.9. The van der Waals surface area contributed by atoms with Gasteiger partial charge in [0.1, 0.15) is 11.5 Å². The topological polar surface area (TPSA) is 51.6 Å². The molecule has 1 aliphatic rings. The smallest absolute Gasteiger partial charge is 0.174 e. The maximum atomic E-state index is 5.93. The van der Waals surface area contributed by atoms with Crippen LogP contribution < -0.4 is 19.7 Å². The van der Waals surface area contributed by atoms with Gasteiger partial charge in [-0.2, -0.15) is 0 Å². The van der Waals surface area contributed by atoms with Gasteiger partial charge < -0.3 is 24.3 Å². The minimum absolute atomic E-state index is 0.159. The molecule has 1 aliphatic heterocycles. The molecule has 2 aromatic carbocycles. The van der Waals surface area contributed by atoms with Crippen molar-refractivity contribution in [2.45, 2.75) is 25.9 Å². The number of aryl methyl sites for hydroxylation is 1. The zero-order chi connectivity index (χ0) is 25.4. The van der Waals surface area contributed by atoms with Crippen LogP contribution in [0, 0.1) is 13.8 Å². The average molecular weight is 564 g/mol. The zero-order valence-electron chi connectivity index (χ0n) is 20.5. The molecule has 1 fully saturated rings. The molecule has 1 N–H and O–H groups in total. The van der Waals surface area contributed by atoms with Gasteiger partial charge in [0, 0.05) is 33.8 Å². The fourth-order valence-electron chi connectivity index (χ4n) is 4.99. The molecule has 0 aliphatic carbocycles. The summed E-state index contributed by atoms with van der Waals surface area (Å²) in [6.45, 7) is 4.29. The predicted molar refractivity (Wildman–Crippen MR) is 150 cm³/mol. The standard InChI is InChI=1S/C28H27BrN4O2S/c1-17-15-22(18(2)32(17)20-10-8-19(29)9-11-20)27-26(23-7-5-6-14-30-23)31-28(36)33(27)24-16-21(34-3)12-13-25(24)35-4/h5-16,26-27H,1-4H3,(H,31,36)/t26-,27-/m1/s1. The molecule has 0 amide bonds. The lowest BCUT2D eigenvalue weighted by Crippen LogP contribution is -2.30. The molecule has 1 saturated heterocycles. The Balaban J connectivity index is 1.71. The van der Waals surface area contributed by atoms with E-state index in [1.807, 2.05) is 42.6 Å². The first-order valence-corrected chi connectivity index (χ1v) is 12.8. The van der Waals surface area contributed by atoms with Crippen LogP contribution in [0.2, 0.25) is 0 Å². The van der Waals surface area contributed by atoms with Crippen molar-refractivity contribution in [2.24, 2.45) is 0 Å². The SMILES string of the molecule is COc1ccc(OC)c(N2C(=S)N[C@H](c3ccccn3)[C@H]2c2cc(C)n(-c3ccc(Br)cc3)c2C)c1. The van der Waals surface area contributed by atoms with E-state index in [0.717, 1.165) is 44.2 Å². The number of hydrogen-bond donors (Lipinski definition) is 1. The van der Waals surface area contributed by atoms with E-state index in [2.05, 4.69) is 79.9 Å². The summed E-state index contributed by atoms with van der Waals surface area (Å²) in [7, 11) is 3.33. The molecule has 36 heavy (non-hydrogen) atoms. The van der Waals surface area contributed by atoms with Crippen LogP contribution in [0.3, 0.4) is 0 Å². The van der Waals surface area contributed by atoms with Crippen molar-refractivity contribution in [3.05, 3.63) is 100 Å². The molecular formula is C28H27BrN4O2S. The summed E-state index contributed by atoms with van der Waals surface area (Å²) in [5.74, 6) is 1.45. The predicted octanol–water partition coefficient (Wildman–Crippen LogP) is 6.45. The Kier molecular flexibility index (Phi) is 6.73. The number of halogens is 1. The van der Waals surface area contributed by atoms with Crippen LogP contribution in [0.5, 0.6) is 11.5 Å². The number of methoxy groups -OCH3 is 2. The summed E-state index contributed by atoms with van der Waals surface area (Å²) in [5, 5.41) is 4.15. The maximum absolute atomic E-state index is 5.93. The summed E-state index contributed by atoms with van der Waals surface area (Å²) < 4.78 is 14.6. The van der Waals surface area contributed by atoms with Crippen LogP contribution in [0.1, 0.15) is 34.7 Å². The van der Waals surface area contributed by atoms with Crippen LogP contribution >= 0.6 is 28.1 Å². The van der Waals surface area contributed by atoms with Gasteiger partial charge in [-0.1, -0.05) is 22.0 Å². The Morgan fingerprint density at radius 2 is 1.75 bits per heavy atom. The third-order valence-corrected chi connectivity index (χ3v) is 7.46. The quantitative estimate of drug-likeness (QED) is 0.273. The van der Waals surface area contributed by atoms with Crippen LogP contribution in [0.25, 0.3) is 5.69 Å². The first kappa shape index (κ1) is 24.3. The number of nitrogens with one attached hydrogen (secondary N) is 1. The van der Waals surface area contributed by atoms with Crippen LogP contribution in [0.4, 0.5) is 5.69 Å². The van der Waals surface area contributed by atoms with Crippen molar-refractivity contribution in [2.75, 3.05) is 19.1 Å². The van der Waals surface area contributed by atoms with Crippen LogP contribution in [-0.4, -0.2) is 28.9 Å². The van der Waals surface area contributed by atoms with Gasteiger partial charge in [0.2, 0.25) is 0 Å². The molecule has 0 radical (unpaired) electrons. The number of nitrogens with zero attached hydrogens (tertiary/aromatic N) is 3. The number of hydrogen-bond acceptors (Lipinski definition) is 4. The molecule has 5 rings (SSSR count). The largest absolute Gasteiger partial charge is 0.497 e. The second kappa shape index (κ2) is 9.95. The third-order valence-electron chi connectivity index (χ3n) is 6.62. The molecule has 4 aromatic rings. The Morgan fingerprint density at radius 1 is 0.972 bits per heavy atom. The fraction of sp³-hybridized carbons (Fsp3) is 0.214. The Bertz CT molecular complexity index is 1410. The summed E-state index contributed by atoms with van der Waals surface area (Å²) in [5.41, 5.74) is 6.30. The molecule has 0 saturated carbocycles. The highest BCUT2D eigenvalue weighted by molar-refractivity contribution is 9.10. The lowest BCUT2D eigenvalue weighted by molar-refractivity contribution is 0.403. The van der Waals surface area contributed by atoms with Gasteiger partial charge in [0.25, 0.3) is 0 Å². The molecule has 2 atom stereocenters. The molecular weight excluding hydrogens is 536 g/mol. The normalized spacial score (nSPS) is 17.2. The second-order valence-corrected chi connectivity index (χ2v) is 9.98. The van der Waals surface area contributed by atoms with E-state index >= 15 is 0 Å². The molecule has 8 heteroatoms. The van der Waals surface area contributed by atoms with E-state index in [1.165, 1.54) is 0 Å². The minimum Gasteiger partial charge on any atom is -0.497 e. The molecule has 0 unspecified atom stereocenters. The molecule has 2 aromatic heterocycles. The van der Waals surface area contributed by atoms with Gasteiger partial charge in [-0.15, -0.1) is 0 Å². The average Bonchev–Trinajstić information content (AvgIpc) is 3.39. The molecule has 3 heterocycles. The number of anilines is 1. The fourth-order valence-corrected chi connectivity index (χ4v) is 5.59. The molecule has 6 nitrogen and oxygen atoms in total. The number of ether oxygens (including phenoxy) is 2. The van der Waals surface area contributed by atoms with Crippen molar-refractivity contribution in [3.8, 4) is 17.2 Å². The van der Waals surface area contributed by atoms with Gasteiger partial charge >= 0.3 is 0 Å². The Labute approximate surface area is 225 Å². The van der Waals surface area contributed by atoms with Crippen LogP contribution in [-0.2, 0) is 0 Å². The molecule has 0 bridgehead atoms. The number of benzene rings is 2. The number of rotatable bonds is 6. The highest BCUT2D eigenvalue weighted by Crippen LogP contribution is 2.47. The Morgan fingerprint density at radius 3 is 2.42 bits per heavy atom. The van der Waals surface area contributed by atoms with E-state index in [-0.39, 0.29) is 12.1 Å². The van der Waals surface area contributed by atoms with E-state index in [1.54, 1.807) is 14.2 Å². The summed E-state index contributed by atoms with van der Waals surface area (Å²) in [6.07, 6.45) is 1.82. The summed E-state index contributed by atoms with van der Waals surface area (Å²) in [6, 6.07) is 22.0. The van der Waals surface area contributed by atoms with Gasteiger partial charge in [-0.05, 0) is 86.2 Å². The number of thiocarbonyl (C=S) groups is 1.